The van der Waals surface area contributed by atoms with Gasteiger partial charge in [-0.1, -0.05) is 12.1 Å². The molecule has 0 unspecified atom stereocenters. The molecule has 0 bridgehead atoms. The molecule has 2 aromatic heterocycles. The van der Waals surface area contributed by atoms with Crippen LogP contribution in [0.1, 0.15) is 27.2 Å². The van der Waals surface area contributed by atoms with Crippen molar-refractivity contribution in [1.29, 1.82) is 0 Å². The van der Waals surface area contributed by atoms with Gasteiger partial charge in [0.1, 0.15) is 0 Å². The molecule has 3 rings (SSSR count). The van der Waals surface area contributed by atoms with E-state index in [1.54, 1.807) is 12.4 Å². The summed E-state index contributed by atoms with van der Waals surface area (Å²) in [5, 5.41) is 16.4. The topological polar surface area (TPSA) is 95.6 Å². The Labute approximate surface area is 139 Å². The third kappa shape index (κ3) is 3.57. The molecule has 7 heteroatoms. The van der Waals surface area contributed by atoms with Gasteiger partial charge < -0.3 is 10.6 Å². The molecule has 0 aliphatic heterocycles. The van der Waals surface area contributed by atoms with Crippen LogP contribution in [-0.4, -0.2) is 26.3 Å². The van der Waals surface area contributed by atoms with Gasteiger partial charge in [-0.15, -0.1) is 10.2 Å². The van der Waals surface area contributed by atoms with Crippen molar-refractivity contribution in [3.05, 3.63) is 65.1 Å². The van der Waals surface area contributed by atoms with E-state index >= 15 is 0 Å². The Morgan fingerprint density at radius 3 is 2.79 bits per heavy atom. The van der Waals surface area contributed by atoms with Gasteiger partial charge in [0.25, 0.3) is 5.91 Å². The van der Waals surface area contributed by atoms with E-state index in [9.17, 15) is 4.79 Å². The molecule has 0 radical (unpaired) electrons. The van der Waals surface area contributed by atoms with Gasteiger partial charge in [0.2, 0.25) is 0 Å². The summed E-state index contributed by atoms with van der Waals surface area (Å²) in [5.41, 5.74) is 4.35. The van der Waals surface area contributed by atoms with Crippen molar-refractivity contribution >= 4 is 17.4 Å². The smallest absolute Gasteiger partial charge is 0.275 e. The van der Waals surface area contributed by atoms with E-state index in [-0.39, 0.29) is 11.6 Å². The summed E-state index contributed by atoms with van der Waals surface area (Å²) in [6.45, 7) is 4.46. The second-order valence-electron chi connectivity index (χ2n) is 5.49. The van der Waals surface area contributed by atoms with E-state index in [2.05, 4.69) is 31.0 Å². The Balaban J connectivity index is 1.70. The molecule has 0 fully saturated rings. The molecule has 1 amide bonds. The van der Waals surface area contributed by atoms with Crippen LogP contribution in [0.5, 0.6) is 0 Å². The molecule has 122 valence electrons. The Kier molecular flexibility index (Phi) is 4.51. The van der Waals surface area contributed by atoms with Crippen LogP contribution in [0.25, 0.3) is 0 Å². The number of pyridine rings is 1. The first-order chi connectivity index (χ1) is 11.6. The number of nitrogens with zero attached hydrogens (tertiary/aromatic N) is 3. The molecule has 0 atom stereocenters. The fourth-order valence-corrected chi connectivity index (χ4v) is 2.20. The number of carbonyl (C=O) groups is 1. The highest BCUT2D eigenvalue weighted by molar-refractivity contribution is 5.97. The van der Waals surface area contributed by atoms with Crippen LogP contribution in [0.2, 0.25) is 0 Å². The number of nitrogens with one attached hydrogen (secondary N) is 3. The SMILES string of the molecule is Cc1ccc(Nc2n[nH]nc2C(=O)NCc2cccnc2)cc1C. The summed E-state index contributed by atoms with van der Waals surface area (Å²) in [6, 6.07) is 9.67. The van der Waals surface area contributed by atoms with Gasteiger partial charge in [0.05, 0.1) is 0 Å². The fraction of sp³-hybridized carbons (Fsp3) is 0.176. The minimum atomic E-state index is -0.307. The first kappa shape index (κ1) is 15.7. The summed E-state index contributed by atoms with van der Waals surface area (Å²) in [4.78, 5) is 16.3. The van der Waals surface area contributed by atoms with Crippen molar-refractivity contribution in [2.45, 2.75) is 20.4 Å². The van der Waals surface area contributed by atoms with Crippen LogP contribution < -0.4 is 10.6 Å². The summed E-state index contributed by atoms with van der Waals surface area (Å²) < 4.78 is 0. The number of aromatic nitrogens is 4. The molecule has 0 saturated carbocycles. The second kappa shape index (κ2) is 6.91. The van der Waals surface area contributed by atoms with Crippen LogP contribution in [0.15, 0.2) is 42.7 Å². The van der Waals surface area contributed by atoms with Crippen LogP contribution in [0, 0.1) is 13.8 Å². The number of rotatable bonds is 5. The molecule has 0 saturated heterocycles. The second-order valence-corrected chi connectivity index (χ2v) is 5.49. The Hall–Kier alpha value is -3.22. The average molecular weight is 322 g/mol. The van der Waals surface area contributed by atoms with E-state index in [4.69, 9.17) is 0 Å². The summed E-state index contributed by atoms with van der Waals surface area (Å²) in [6.07, 6.45) is 3.39. The van der Waals surface area contributed by atoms with Gasteiger partial charge in [0.15, 0.2) is 11.5 Å². The molecule has 3 N–H and O–H groups in total. The number of carbonyl (C=O) groups excluding carboxylic acids is 1. The summed E-state index contributed by atoms with van der Waals surface area (Å²) in [7, 11) is 0. The number of hydrogen-bond acceptors (Lipinski definition) is 5. The molecule has 0 aliphatic carbocycles. The molecule has 3 aromatic rings. The van der Waals surface area contributed by atoms with E-state index in [0.29, 0.717) is 12.4 Å². The lowest BCUT2D eigenvalue weighted by Crippen LogP contribution is -2.24. The molecular weight excluding hydrogens is 304 g/mol. The van der Waals surface area contributed by atoms with Crippen molar-refractivity contribution in [3.63, 3.8) is 0 Å². The quantitative estimate of drug-likeness (QED) is 0.671. The van der Waals surface area contributed by atoms with Crippen LogP contribution >= 0.6 is 0 Å². The third-order valence-electron chi connectivity index (χ3n) is 3.71. The van der Waals surface area contributed by atoms with Crippen LogP contribution in [0.3, 0.4) is 0 Å². The number of aryl methyl sites for hydroxylation is 2. The zero-order valence-corrected chi connectivity index (χ0v) is 13.5. The summed E-state index contributed by atoms with van der Waals surface area (Å²) >= 11 is 0. The number of benzene rings is 1. The van der Waals surface area contributed by atoms with E-state index in [1.807, 2.05) is 44.2 Å². The predicted molar refractivity (Wildman–Crippen MR) is 91.0 cm³/mol. The normalized spacial score (nSPS) is 10.4. The maximum Gasteiger partial charge on any atom is 0.275 e. The maximum absolute atomic E-state index is 12.3. The Morgan fingerprint density at radius 2 is 2.04 bits per heavy atom. The number of anilines is 2. The molecule has 24 heavy (non-hydrogen) atoms. The number of hydrogen-bond donors (Lipinski definition) is 3. The third-order valence-corrected chi connectivity index (χ3v) is 3.71. The Bertz CT molecular complexity index is 843. The summed E-state index contributed by atoms with van der Waals surface area (Å²) in [5.74, 6) is 0.0841. The highest BCUT2D eigenvalue weighted by atomic mass is 16.2. The van der Waals surface area contributed by atoms with E-state index < -0.39 is 0 Å². The van der Waals surface area contributed by atoms with Crippen molar-refractivity contribution < 1.29 is 4.79 Å². The van der Waals surface area contributed by atoms with Gasteiger partial charge >= 0.3 is 0 Å². The fourth-order valence-electron chi connectivity index (χ4n) is 2.20. The predicted octanol–water partition coefficient (Wildman–Crippen LogP) is 2.49. The zero-order valence-electron chi connectivity index (χ0n) is 13.5. The van der Waals surface area contributed by atoms with Crippen LogP contribution in [0.4, 0.5) is 11.5 Å². The standard InChI is InChI=1S/C17H18N6O/c1-11-5-6-14(8-12(11)2)20-16-15(21-23-22-16)17(24)19-10-13-4-3-7-18-9-13/h3-9H,10H2,1-2H3,(H,19,24)(H2,20,21,22,23). The molecule has 2 heterocycles. The molecule has 7 nitrogen and oxygen atoms in total. The van der Waals surface area contributed by atoms with Gasteiger partial charge in [-0.3, -0.25) is 9.78 Å². The lowest BCUT2D eigenvalue weighted by Gasteiger charge is -2.08. The lowest BCUT2D eigenvalue weighted by molar-refractivity contribution is 0.0946. The van der Waals surface area contributed by atoms with Gasteiger partial charge in [-0.25, -0.2) is 0 Å². The minimum absolute atomic E-state index is 0.220. The number of aromatic amines is 1. The number of H-pyrrole nitrogens is 1. The zero-order chi connectivity index (χ0) is 16.9. The number of amides is 1. The lowest BCUT2D eigenvalue weighted by atomic mass is 10.1. The molecule has 0 aliphatic rings. The highest BCUT2D eigenvalue weighted by Gasteiger charge is 2.16. The highest BCUT2D eigenvalue weighted by Crippen LogP contribution is 2.19. The maximum atomic E-state index is 12.3. The first-order valence-corrected chi connectivity index (χ1v) is 7.55. The monoisotopic (exact) mass is 322 g/mol. The first-order valence-electron chi connectivity index (χ1n) is 7.55. The molecular formula is C17H18N6O. The van der Waals surface area contributed by atoms with Crippen molar-refractivity contribution in [2.75, 3.05) is 5.32 Å². The molecule has 0 spiro atoms. The van der Waals surface area contributed by atoms with E-state index in [0.717, 1.165) is 16.8 Å². The van der Waals surface area contributed by atoms with Crippen molar-refractivity contribution in [1.82, 2.24) is 25.7 Å². The largest absolute Gasteiger partial charge is 0.346 e. The van der Waals surface area contributed by atoms with E-state index in [1.165, 1.54) is 5.56 Å². The van der Waals surface area contributed by atoms with Gasteiger partial charge in [-0.2, -0.15) is 5.21 Å². The molecule has 1 aromatic carbocycles. The van der Waals surface area contributed by atoms with Crippen molar-refractivity contribution in [2.24, 2.45) is 0 Å². The van der Waals surface area contributed by atoms with Gasteiger partial charge in [-0.05, 0) is 48.7 Å². The average Bonchev–Trinajstić information content (AvgIpc) is 3.05. The van der Waals surface area contributed by atoms with Crippen molar-refractivity contribution in [3.8, 4) is 0 Å². The van der Waals surface area contributed by atoms with Crippen LogP contribution in [-0.2, 0) is 6.54 Å². The Morgan fingerprint density at radius 1 is 1.17 bits per heavy atom. The van der Waals surface area contributed by atoms with Gasteiger partial charge in [0, 0.05) is 24.6 Å². The minimum Gasteiger partial charge on any atom is -0.346 e.